The van der Waals surface area contributed by atoms with Gasteiger partial charge in [0.2, 0.25) is 5.91 Å². The number of nitrogens with one attached hydrogen (secondary N) is 3. The average Bonchev–Trinajstić information content (AvgIpc) is 3.02. The number of aliphatic imine (C=N–C) groups is 1. The minimum atomic E-state index is -5.79. The first-order chi connectivity index (χ1) is 17.0. The maximum atomic E-state index is 12.3. The Labute approximate surface area is 205 Å². The highest BCUT2D eigenvalue weighted by molar-refractivity contribution is 7.66. The lowest BCUT2D eigenvalue weighted by molar-refractivity contribution is -0.123. The van der Waals surface area contributed by atoms with E-state index in [9.17, 15) is 43.0 Å². The third-order valence-corrected chi connectivity index (χ3v) is 8.08. The molecule has 2 unspecified atom stereocenters. The molecule has 24 heteroatoms. The summed E-state index contributed by atoms with van der Waals surface area (Å²) in [5, 5.41) is 13.0. The second-order valence-corrected chi connectivity index (χ2v) is 11.4. The van der Waals surface area contributed by atoms with E-state index in [4.69, 9.17) is 20.4 Å². The molecule has 6 atom stereocenters. The number of phosphoric ester groups is 1. The third-order valence-electron chi connectivity index (χ3n) is 4.27. The van der Waals surface area contributed by atoms with Crippen molar-refractivity contribution in [3.05, 3.63) is 33.1 Å². The minimum absolute atomic E-state index is 0.0293. The summed E-state index contributed by atoms with van der Waals surface area (Å²) in [6.45, 7) is -1.10. The number of nitrogens with two attached hydrogens (primary N) is 1. The number of aliphatic hydroxyl groups is 1. The first kappa shape index (κ1) is 31.1. The van der Waals surface area contributed by atoms with Crippen LogP contribution in [0.25, 0.3) is 0 Å². The molecule has 210 valence electrons. The van der Waals surface area contributed by atoms with Gasteiger partial charge in [0, 0.05) is 25.2 Å². The van der Waals surface area contributed by atoms with Gasteiger partial charge in [-0.15, -0.1) is 0 Å². The van der Waals surface area contributed by atoms with E-state index in [0.717, 1.165) is 23.2 Å². The van der Waals surface area contributed by atoms with E-state index in [1.54, 1.807) is 0 Å². The van der Waals surface area contributed by atoms with Crippen molar-refractivity contribution in [2.45, 2.75) is 30.9 Å². The van der Waals surface area contributed by atoms with E-state index >= 15 is 0 Å². The molecule has 1 aromatic rings. The molecule has 0 aliphatic carbocycles. The number of hydrogen-bond acceptors (Lipinski definition) is 13. The van der Waals surface area contributed by atoms with Crippen LogP contribution < -0.4 is 27.8 Å². The van der Waals surface area contributed by atoms with Gasteiger partial charge >= 0.3 is 29.2 Å². The van der Waals surface area contributed by atoms with Crippen molar-refractivity contribution in [3.8, 4) is 0 Å². The Morgan fingerprint density at radius 3 is 2.49 bits per heavy atom. The molecule has 0 radical (unpaired) electrons. The van der Waals surface area contributed by atoms with Crippen molar-refractivity contribution in [3.63, 3.8) is 0 Å². The van der Waals surface area contributed by atoms with Crippen molar-refractivity contribution in [1.82, 2.24) is 20.3 Å². The number of aromatic amines is 1. The van der Waals surface area contributed by atoms with E-state index < -0.39 is 71.7 Å². The third kappa shape index (κ3) is 9.95. The standard InChI is InChI=1S/C13H23N6O15P3/c14-16-6-15-3-1-8(20)17-10-11(22)7(32-12(10)19-4-2-9(21)18-13(19)23)5-31-36(27,28)34-37(29,30)33-35(24,25)26/h2,4,6-7,10-12,22H,1,3,5,14H2,(H,15,16)(H,17,20)(H,27,28)(H,29,30)(H,18,21,23)(H2,24,25,26)/t7-,10-,11-,12-/m1/s1. The molecule has 0 bridgehead atoms. The van der Waals surface area contributed by atoms with Gasteiger partial charge in [-0.2, -0.15) is 8.62 Å². The summed E-state index contributed by atoms with van der Waals surface area (Å²) in [5.41, 5.74) is 0.349. The summed E-state index contributed by atoms with van der Waals surface area (Å²) < 4.78 is 52.0. The summed E-state index contributed by atoms with van der Waals surface area (Å²) in [7, 11) is -17.0. The van der Waals surface area contributed by atoms with Crippen LogP contribution in [-0.2, 0) is 36.4 Å². The Morgan fingerprint density at radius 2 is 1.89 bits per heavy atom. The predicted octanol–water partition coefficient (Wildman–Crippen LogP) is -3.50. The van der Waals surface area contributed by atoms with E-state index in [2.05, 4.69) is 28.9 Å². The van der Waals surface area contributed by atoms with Crippen LogP contribution in [0.3, 0.4) is 0 Å². The number of ether oxygens (including phenoxy) is 1. The van der Waals surface area contributed by atoms with E-state index in [-0.39, 0.29) is 13.0 Å². The Bertz CT molecular complexity index is 1240. The second-order valence-electron chi connectivity index (χ2n) is 7.01. The number of phosphoric acid groups is 3. The fourth-order valence-corrected chi connectivity index (χ4v) is 5.95. The zero-order chi connectivity index (χ0) is 28.0. The zero-order valence-electron chi connectivity index (χ0n) is 18.3. The number of amides is 1. The van der Waals surface area contributed by atoms with Gasteiger partial charge in [0.1, 0.15) is 18.2 Å². The maximum absolute atomic E-state index is 12.3. The summed E-state index contributed by atoms with van der Waals surface area (Å²) in [5.74, 6) is 4.32. The maximum Gasteiger partial charge on any atom is 0.490 e. The molecule has 1 amide bonds. The predicted molar refractivity (Wildman–Crippen MR) is 118 cm³/mol. The number of nitrogens with zero attached hydrogens (tertiary/aromatic N) is 2. The summed E-state index contributed by atoms with van der Waals surface area (Å²) in [6.07, 6.45) is -2.94. The summed E-state index contributed by atoms with van der Waals surface area (Å²) in [6, 6.07) is -0.466. The van der Waals surface area contributed by atoms with E-state index in [0.29, 0.717) is 0 Å². The van der Waals surface area contributed by atoms with Gasteiger partial charge in [-0.3, -0.25) is 28.7 Å². The molecule has 0 saturated carbocycles. The molecule has 0 spiro atoms. The molecule has 0 aromatic carbocycles. The minimum Gasteiger partial charge on any atom is -0.388 e. The highest BCUT2D eigenvalue weighted by atomic mass is 31.3. The first-order valence-electron chi connectivity index (χ1n) is 9.71. The lowest BCUT2D eigenvalue weighted by Gasteiger charge is -2.23. The molecule has 2 rings (SSSR count). The van der Waals surface area contributed by atoms with Gasteiger partial charge in [0.25, 0.3) is 5.56 Å². The van der Waals surface area contributed by atoms with Gasteiger partial charge in [-0.05, 0) is 0 Å². The largest absolute Gasteiger partial charge is 0.490 e. The lowest BCUT2D eigenvalue weighted by atomic mass is 10.1. The SMILES string of the molecule is NNC=NCCC(=O)N[C@@H]1[C@H](O)[C@@H](COP(=O)(O)OP(=O)(O)OP(=O)(O)O)O[C@H]1n1ccc(=O)[nH]c1=O. The van der Waals surface area contributed by atoms with Crippen LogP contribution in [0.15, 0.2) is 26.8 Å². The Balaban J connectivity index is 2.19. The van der Waals surface area contributed by atoms with Crippen LogP contribution in [0.2, 0.25) is 0 Å². The lowest BCUT2D eigenvalue weighted by Crippen LogP contribution is -2.48. The number of hydrazine groups is 1. The molecule has 2 heterocycles. The summed E-state index contributed by atoms with van der Waals surface area (Å²) >= 11 is 0. The number of aromatic nitrogens is 2. The molecular formula is C13H23N6O15P3. The Hall–Kier alpha value is -2.09. The highest BCUT2D eigenvalue weighted by Crippen LogP contribution is 2.66. The highest BCUT2D eigenvalue weighted by Gasteiger charge is 2.48. The Kier molecular flexibility index (Phi) is 10.6. The van der Waals surface area contributed by atoms with Gasteiger partial charge in [-0.25, -0.2) is 24.3 Å². The van der Waals surface area contributed by atoms with Crippen LogP contribution in [0, 0.1) is 0 Å². The van der Waals surface area contributed by atoms with Crippen molar-refractivity contribution in [1.29, 1.82) is 0 Å². The molecule has 37 heavy (non-hydrogen) atoms. The van der Waals surface area contributed by atoms with Crippen molar-refractivity contribution in [2.75, 3.05) is 13.2 Å². The number of aliphatic hydroxyl groups excluding tert-OH is 1. The van der Waals surface area contributed by atoms with Crippen LogP contribution in [-0.4, -0.2) is 77.9 Å². The number of carbonyl (C=O) groups is 1. The van der Waals surface area contributed by atoms with Gasteiger partial charge in [0.15, 0.2) is 6.23 Å². The molecule has 10 N–H and O–H groups in total. The molecule has 1 aliphatic rings. The quantitative estimate of drug-likeness (QED) is 0.0350. The number of H-pyrrole nitrogens is 1. The normalized spacial score (nSPS) is 25.5. The Morgan fingerprint density at radius 1 is 1.22 bits per heavy atom. The van der Waals surface area contributed by atoms with Crippen LogP contribution >= 0.6 is 23.5 Å². The van der Waals surface area contributed by atoms with Crippen LogP contribution in [0.1, 0.15) is 12.6 Å². The first-order valence-corrected chi connectivity index (χ1v) is 14.2. The smallest absolute Gasteiger partial charge is 0.388 e. The zero-order valence-corrected chi connectivity index (χ0v) is 21.0. The van der Waals surface area contributed by atoms with Crippen molar-refractivity contribution in [2.24, 2.45) is 10.8 Å². The molecule has 1 fully saturated rings. The number of hydrogen-bond donors (Lipinski definition) is 9. The van der Waals surface area contributed by atoms with Crippen molar-refractivity contribution >= 4 is 35.7 Å². The molecule has 1 saturated heterocycles. The van der Waals surface area contributed by atoms with Gasteiger partial charge in [-0.1, -0.05) is 0 Å². The second kappa shape index (κ2) is 12.6. The molecule has 21 nitrogen and oxygen atoms in total. The summed E-state index contributed by atoms with van der Waals surface area (Å²) in [4.78, 5) is 77.5. The van der Waals surface area contributed by atoms with E-state index in [1.807, 2.05) is 4.98 Å². The van der Waals surface area contributed by atoms with Crippen LogP contribution in [0.4, 0.5) is 0 Å². The number of rotatable bonds is 13. The van der Waals surface area contributed by atoms with Gasteiger partial charge < -0.3 is 40.2 Å². The number of carbonyl (C=O) groups excluding carboxylic acids is 1. The van der Waals surface area contributed by atoms with E-state index in [1.165, 1.54) is 0 Å². The topological polar surface area (TPSA) is 324 Å². The van der Waals surface area contributed by atoms with Gasteiger partial charge in [0.05, 0.1) is 12.9 Å². The fourth-order valence-electron chi connectivity index (χ4n) is 2.92. The monoisotopic (exact) mass is 596 g/mol. The van der Waals surface area contributed by atoms with Crippen LogP contribution in [0.5, 0.6) is 0 Å². The fraction of sp³-hybridized carbons (Fsp3) is 0.538. The molecule has 1 aliphatic heterocycles. The average molecular weight is 596 g/mol. The van der Waals surface area contributed by atoms with Crippen molar-refractivity contribution < 1.29 is 61.1 Å². The molecular weight excluding hydrogens is 573 g/mol. The molecule has 1 aromatic heterocycles.